The molecule has 0 amide bonds. The Hall–Kier alpha value is 0.490. The monoisotopic (exact) mass is 449 g/mol. The van der Waals surface area contributed by atoms with Gasteiger partial charge < -0.3 is 0 Å². The molecule has 2 rings (SSSR count). The fourth-order valence-corrected chi connectivity index (χ4v) is 3.39. The van der Waals surface area contributed by atoms with Crippen molar-refractivity contribution in [3.05, 3.63) is 17.7 Å². The molecule has 4 nitrogen and oxygen atoms in total. The molecule has 1 aliphatic heterocycles. The second kappa shape index (κ2) is 3.76. The van der Waals surface area contributed by atoms with E-state index in [4.69, 9.17) is 4.78 Å². The Balaban J connectivity index is 2.56. The average Bonchev–Trinajstić information content (AvgIpc) is 2.41. The Morgan fingerprint density at radius 2 is 2.27 bits per heavy atom. The minimum atomic E-state index is -2.60. The first kappa shape index (κ1) is 12.0. The quantitative estimate of drug-likeness (QED) is 0.530. The van der Waals surface area contributed by atoms with Crippen LogP contribution < -0.4 is 0 Å². The molecule has 1 aliphatic rings. The van der Waals surface area contributed by atoms with Gasteiger partial charge in [-0.25, -0.2) is 19.0 Å². The maximum Gasteiger partial charge on any atom is 0.154 e. The number of hydrogen-bond acceptors (Lipinski definition) is 4. The van der Waals surface area contributed by atoms with Crippen LogP contribution in [-0.4, -0.2) is 19.9 Å². The molecule has 1 N–H and O–H groups in total. The molecule has 82 valence electrons. The second-order valence-electron chi connectivity index (χ2n) is 3.52. The van der Waals surface area contributed by atoms with Crippen LogP contribution in [0.15, 0.2) is 11.1 Å². The summed E-state index contributed by atoms with van der Waals surface area (Å²) >= 11 is 4.52. The highest BCUT2D eigenvalue weighted by Gasteiger charge is 2.29. The highest BCUT2D eigenvalue weighted by atomic mass is 127. The van der Waals surface area contributed by atoms with Crippen LogP contribution in [0.5, 0.6) is 0 Å². The predicted molar refractivity (Wildman–Crippen MR) is 75.1 cm³/mol. The smallest absolute Gasteiger partial charge is 0.154 e. The lowest BCUT2D eigenvalue weighted by Crippen LogP contribution is -2.10. The van der Waals surface area contributed by atoms with E-state index in [9.17, 15) is 4.21 Å². The van der Waals surface area contributed by atoms with E-state index >= 15 is 0 Å². The molecular weight excluding hydrogens is 440 g/mol. The molecule has 1 aromatic rings. The largest absolute Gasteiger partial charge is 0.249 e. The third-order valence-corrected chi connectivity index (χ3v) is 5.00. The van der Waals surface area contributed by atoms with Gasteiger partial charge in [0.05, 0.1) is 20.3 Å². The molecule has 7 heteroatoms. The molecule has 15 heavy (non-hydrogen) atoms. The van der Waals surface area contributed by atoms with Gasteiger partial charge in [0.1, 0.15) is 1.43 Å². The highest BCUT2D eigenvalue weighted by Crippen LogP contribution is 2.37. The van der Waals surface area contributed by atoms with E-state index in [0.29, 0.717) is 17.1 Å². The normalized spacial score (nSPS) is 25.3. The summed E-state index contributed by atoms with van der Waals surface area (Å²) in [5.41, 5.74) is 0.791. The number of fused-ring (bicyclic) bond motifs is 1. The molecule has 0 radical (unpaired) electrons. The lowest BCUT2D eigenvalue weighted by molar-refractivity contribution is 0.677. The Morgan fingerprint density at radius 3 is 2.87 bits per heavy atom. The van der Waals surface area contributed by atoms with Crippen molar-refractivity contribution in [3.8, 4) is 0 Å². The molecule has 0 aromatic carbocycles. The first-order chi connectivity index (χ1) is 6.81. The van der Waals surface area contributed by atoms with Gasteiger partial charge in [-0.2, -0.15) is 0 Å². The number of alkyl halides is 2. The summed E-state index contributed by atoms with van der Waals surface area (Å²) in [5, 5.41) is 0. The first-order valence-electron chi connectivity index (χ1n) is 4.31. The van der Waals surface area contributed by atoms with Crippen molar-refractivity contribution in [2.24, 2.45) is 0 Å². The zero-order valence-electron chi connectivity index (χ0n) is 7.96. The molecule has 0 saturated heterocycles. The average molecular weight is 449 g/mol. The maximum atomic E-state index is 11.8. The fourth-order valence-electron chi connectivity index (χ4n) is 1.42. The molecule has 0 saturated carbocycles. The number of nitrogens with one attached hydrogen (secondary N) is 1. The molecular formula is C8H9I2N3OS. The van der Waals surface area contributed by atoms with Crippen molar-refractivity contribution in [1.29, 1.82) is 4.78 Å². The number of nitrogens with zero attached hydrogens (tertiary/aromatic N) is 2. The van der Waals surface area contributed by atoms with E-state index in [-0.39, 0.29) is 1.43 Å². The van der Waals surface area contributed by atoms with E-state index < -0.39 is 9.73 Å². The predicted octanol–water partition coefficient (Wildman–Crippen LogP) is 2.48. The number of aryl methyl sites for hydroxylation is 1. The summed E-state index contributed by atoms with van der Waals surface area (Å²) < 4.78 is 19.2. The van der Waals surface area contributed by atoms with Crippen molar-refractivity contribution in [1.82, 2.24) is 9.97 Å². The minimum Gasteiger partial charge on any atom is -0.249 e. The Bertz CT molecular complexity index is 507. The summed E-state index contributed by atoms with van der Waals surface area (Å²) in [6, 6.07) is 0. The van der Waals surface area contributed by atoms with Gasteiger partial charge in [0, 0.05) is 18.4 Å². The lowest BCUT2D eigenvalue weighted by atomic mass is 10.3. The number of rotatable bonds is 1. The van der Waals surface area contributed by atoms with Crippen molar-refractivity contribution in [2.75, 3.05) is 5.75 Å². The summed E-state index contributed by atoms with van der Waals surface area (Å²) in [6.45, 7) is 2.02. The second-order valence-corrected chi connectivity index (χ2v) is 12.1. The molecule has 2 heterocycles. The van der Waals surface area contributed by atoms with Crippen molar-refractivity contribution in [3.63, 3.8) is 0 Å². The molecule has 1 aromatic heterocycles. The van der Waals surface area contributed by atoms with Crippen molar-refractivity contribution >= 4 is 54.9 Å². The van der Waals surface area contributed by atoms with Crippen LogP contribution in [0, 0.1) is 4.78 Å². The zero-order chi connectivity index (χ0) is 11.3. The van der Waals surface area contributed by atoms with Gasteiger partial charge in [-0.3, -0.25) is 0 Å². The molecule has 0 spiro atoms. The van der Waals surface area contributed by atoms with Gasteiger partial charge in [-0.05, 0) is 6.92 Å². The van der Waals surface area contributed by atoms with E-state index in [1.807, 2.05) is 6.92 Å². The number of aromatic nitrogens is 2. The Morgan fingerprint density at radius 1 is 1.60 bits per heavy atom. The minimum absolute atomic E-state index is 0.157. The van der Waals surface area contributed by atoms with Crippen LogP contribution in [0.25, 0.3) is 0 Å². The van der Waals surface area contributed by atoms with Crippen molar-refractivity contribution in [2.45, 2.75) is 19.7 Å². The van der Waals surface area contributed by atoms with Gasteiger partial charge in [0.2, 0.25) is 0 Å². The third-order valence-electron chi connectivity index (χ3n) is 2.20. The molecule has 1 unspecified atom stereocenters. The summed E-state index contributed by atoms with van der Waals surface area (Å²) in [7, 11) is -2.60. The van der Waals surface area contributed by atoms with Gasteiger partial charge in [0.15, 0.2) is 5.82 Å². The first-order valence-corrected chi connectivity index (χ1v) is 8.20. The Kier molecular flexibility index (Phi) is 3.00. The number of halogens is 2. The van der Waals surface area contributed by atoms with E-state index in [1.54, 1.807) is 6.20 Å². The maximum absolute atomic E-state index is 11.8. The van der Waals surface area contributed by atoms with Crippen molar-refractivity contribution < 1.29 is 4.21 Å². The molecule has 0 bridgehead atoms. The van der Waals surface area contributed by atoms with Crippen LogP contribution in [0.3, 0.4) is 0 Å². The molecule has 1 atom stereocenters. The standard InChI is InChI=1S/C8H9I2N3OS/c1-8(9,10)7-12-4-6-5(13-7)2-3-15(6,11)14/h4,11H,2-3H2,1H3. The summed E-state index contributed by atoms with van der Waals surface area (Å²) in [6.07, 6.45) is 2.20. The van der Waals surface area contributed by atoms with E-state index in [0.717, 1.165) is 11.5 Å². The molecule has 0 fully saturated rings. The zero-order valence-corrected chi connectivity index (χ0v) is 13.1. The van der Waals surface area contributed by atoms with E-state index in [2.05, 4.69) is 55.1 Å². The van der Waals surface area contributed by atoms with E-state index in [1.165, 1.54) is 0 Å². The van der Waals surface area contributed by atoms with Gasteiger partial charge in [0.25, 0.3) is 0 Å². The van der Waals surface area contributed by atoms with Gasteiger partial charge >= 0.3 is 0 Å². The Labute approximate surface area is 116 Å². The fraction of sp³-hybridized carbons (Fsp3) is 0.500. The van der Waals surface area contributed by atoms with Crippen LogP contribution in [-0.2, 0) is 17.6 Å². The summed E-state index contributed by atoms with van der Waals surface area (Å²) in [4.78, 5) is 9.12. The van der Waals surface area contributed by atoms with Crippen LogP contribution in [0.2, 0.25) is 0 Å². The van der Waals surface area contributed by atoms with Crippen LogP contribution >= 0.6 is 45.2 Å². The molecule has 0 aliphatic carbocycles. The van der Waals surface area contributed by atoms with Gasteiger partial charge in [-0.1, -0.05) is 45.2 Å². The topological polar surface area (TPSA) is 66.7 Å². The van der Waals surface area contributed by atoms with Crippen LogP contribution in [0.1, 0.15) is 18.4 Å². The van der Waals surface area contributed by atoms with Gasteiger partial charge in [-0.15, -0.1) is 0 Å². The SMILES string of the molecule is CC(I)(I)c1ncc2c(n1)CCS2(=N)=O. The lowest BCUT2D eigenvalue weighted by Gasteiger charge is -2.12. The highest BCUT2D eigenvalue weighted by molar-refractivity contribution is 14.2. The summed E-state index contributed by atoms with van der Waals surface area (Å²) in [5.74, 6) is 1.12. The third kappa shape index (κ3) is 2.28. The number of hydrogen-bond donors (Lipinski definition) is 1. The van der Waals surface area contributed by atoms with Crippen LogP contribution in [0.4, 0.5) is 0 Å².